The monoisotopic (exact) mass is 381 g/mol. The van der Waals surface area contributed by atoms with Gasteiger partial charge in [0.15, 0.2) is 0 Å². The molecule has 1 amide bonds. The van der Waals surface area contributed by atoms with Gasteiger partial charge >= 0.3 is 0 Å². The average molecular weight is 381 g/mol. The molecule has 28 heavy (non-hydrogen) atoms. The topological polar surface area (TPSA) is 96.7 Å². The third-order valence-electron chi connectivity index (χ3n) is 4.81. The summed E-state index contributed by atoms with van der Waals surface area (Å²) in [7, 11) is 0. The fraction of sp³-hybridized carbons (Fsp3) is 0.429. The summed E-state index contributed by atoms with van der Waals surface area (Å²) in [6.45, 7) is 10.1. The molecule has 7 heteroatoms. The summed E-state index contributed by atoms with van der Waals surface area (Å²) >= 11 is 0. The molecule has 0 spiro atoms. The number of hydrogen-bond donors (Lipinski definition) is 2. The number of aromatic nitrogens is 4. The van der Waals surface area contributed by atoms with Gasteiger partial charge in [0.1, 0.15) is 11.6 Å². The van der Waals surface area contributed by atoms with Crippen LogP contribution in [0.1, 0.15) is 60.7 Å². The van der Waals surface area contributed by atoms with Crippen molar-refractivity contribution in [1.29, 1.82) is 0 Å². The van der Waals surface area contributed by atoms with E-state index in [0.29, 0.717) is 17.5 Å². The Labute approximate surface area is 164 Å². The van der Waals surface area contributed by atoms with Gasteiger partial charge in [0, 0.05) is 11.5 Å². The molecule has 3 rings (SSSR count). The lowest BCUT2D eigenvalue weighted by Crippen LogP contribution is -2.16. The van der Waals surface area contributed by atoms with Crippen LogP contribution in [0.25, 0.3) is 0 Å². The molecule has 3 aromatic rings. The SMILES string of the molecule is Cc1noc(C)c1CC(=O)Nc1n[nH]c([C@@H](C)c2ccc(CC(C)C)cc2)n1. The summed E-state index contributed by atoms with van der Waals surface area (Å²) < 4.78 is 5.09. The highest BCUT2D eigenvalue weighted by molar-refractivity contribution is 5.90. The maximum atomic E-state index is 12.3. The maximum absolute atomic E-state index is 12.3. The van der Waals surface area contributed by atoms with Crippen LogP contribution in [0.5, 0.6) is 0 Å². The number of amides is 1. The van der Waals surface area contributed by atoms with Crippen LogP contribution < -0.4 is 5.32 Å². The van der Waals surface area contributed by atoms with Crippen LogP contribution in [0.3, 0.4) is 0 Å². The largest absolute Gasteiger partial charge is 0.361 e. The second-order valence-electron chi connectivity index (χ2n) is 7.63. The van der Waals surface area contributed by atoms with Crippen LogP contribution in [0.2, 0.25) is 0 Å². The van der Waals surface area contributed by atoms with E-state index < -0.39 is 0 Å². The Balaban J connectivity index is 1.63. The van der Waals surface area contributed by atoms with Crippen LogP contribution in [-0.2, 0) is 17.6 Å². The molecule has 2 heterocycles. The Morgan fingerprint density at radius 3 is 2.50 bits per heavy atom. The first-order chi connectivity index (χ1) is 13.3. The zero-order chi connectivity index (χ0) is 20.3. The van der Waals surface area contributed by atoms with Crippen molar-refractivity contribution in [2.45, 2.75) is 53.4 Å². The van der Waals surface area contributed by atoms with Gasteiger partial charge in [-0.2, -0.15) is 4.98 Å². The van der Waals surface area contributed by atoms with E-state index in [0.717, 1.165) is 23.2 Å². The molecular formula is C21H27N5O2. The van der Waals surface area contributed by atoms with Crippen LogP contribution in [-0.4, -0.2) is 26.2 Å². The number of H-pyrrole nitrogens is 1. The third-order valence-corrected chi connectivity index (χ3v) is 4.81. The first-order valence-corrected chi connectivity index (χ1v) is 9.56. The number of hydrogen-bond acceptors (Lipinski definition) is 5. The van der Waals surface area contributed by atoms with Gasteiger partial charge in [0.2, 0.25) is 11.9 Å². The van der Waals surface area contributed by atoms with Crippen molar-refractivity contribution in [1.82, 2.24) is 20.3 Å². The van der Waals surface area contributed by atoms with Crippen molar-refractivity contribution in [3.63, 3.8) is 0 Å². The molecule has 1 atom stereocenters. The average Bonchev–Trinajstić information content (AvgIpc) is 3.23. The van der Waals surface area contributed by atoms with E-state index in [1.807, 2.05) is 6.92 Å². The molecule has 2 aromatic heterocycles. The number of anilines is 1. The number of carbonyl (C=O) groups excluding carboxylic acids is 1. The van der Waals surface area contributed by atoms with Crippen LogP contribution in [0.15, 0.2) is 28.8 Å². The molecule has 0 aliphatic carbocycles. The van der Waals surface area contributed by atoms with Gasteiger partial charge in [0.25, 0.3) is 0 Å². The second kappa shape index (κ2) is 8.37. The summed E-state index contributed by atoms with van der Waals surface area (Å²) in [6, 6.07) is 8.57. The fourth-order valence-corrected chi connectivity index (χ4v) is 3.18. The smallest absolute Gasteiger partial charge is 0.248 e. The predicted molar refractivity (Wildman–Crippen MR) is 107 cm³/mol. The maximum Gasteiger partial charge on any atom is 0.248 e. The van der Waals surface area contributed by atoms with Gasteiger partial charge in [-0.25, -0.2) is 0 Å². The van der Waals surface area contributed by atoms with E-state index in [-0.39, 0.29) is 24.2 Å². The summed E-state index contributed by atoms with van der Waals surface area (Å²) in [6.07, 6.45) is 1.25. The molecule has 2 N–H and O–H groups in total. The fourth-order valence-electron chi connectivity index (χ4n) is 3.18. The van der Waals surface area contributed by atoms with Crippen LogP contribution in [0.4, 0.5) is 5.95 Å². The molecule has 0 aliphatic rings. The zero-order valence-corrected chi connectivity index (χ0v) is 17.0. The number of rotatable bonds is 7. The Kier molecular flexibility index (Phi) is 5.92. The van der Waals surface area contributed by atoms with Gasteiger partial charge in [-0.05, 0) is 37.3 Å². The number of carbonyl (C=O) groups is 1. The number of aryl methyl sites for hydroxylation is 2. The van der Waals surface area contributed by atoms with Crippen molar-refractivity contribution < 1.29 is 9.32 Å². The second-order valence-corrected chi connectivity index (χ2v) is 7.63. The molecule has 0 radical (unpaired) electrons. The Hall–Kier alpha value is -2.96. The number of benzene rings is 1. The predicted octanol–water partition coefficient (Wildman–Crippen LogP) is 3.94. The van der Waals surface area contributed by atoms with Crippen molar-refractivity contribution >= 4 is 11.9 Å². The van der Waals surface area contributed by atoms with Gasteiger partial charge in [-0.3, -0.25) is 15.2 Å². The minimum atomic E-state index is -0.203. The van der Waals surface area contributed by atoms with E-state index in [4.69, 9.17) is 4.52 Å². The lowest BCUT2D eigenvalue weighted by Gasteiger charge is -2.10. The van der Waals surface area contributed by atoms with Crippen LogP contribution >= 0.6 is 0 Å². The van der Waals surface area contributed by atoms with Gasteiger partial charge in [0.05, 0.1) is 12.1 Å². The van der Waals surface area contributed by atoms with E-state index in [1.54, 1.807) is 6.92 Å². The minimum Gasteiger partial charge on any atom is -0.361 e. The van der Waals surface area contributed by atoms with Crippen molar-refractivity contribution in [2.24, 2.45) is 5.92 Å². The van der Waals surface area contributed by atoms with Crippen molar-refractivity contribution in [2.75, 3.05) is 5.32 Å². The highest BCUT2D eigenvalue weighted by Gasteiger charge is 2.17. The molecule has 0 saturated heterocycles. The lowest BCUT2D eigenvalue weighted by molar-refractivity contribution is -0.115. The molecule has 0 bridgehead atoms. The Morgan fingerprint density at radius 2 is 1.89 bits per heavy atom. The standard InChI is InChI=1S/C21H27N5O2/c1-12(2)10-16-6-8-17(9-7-16)13(3)20-23-21(25-24-20)22-19(27)11-18-14(4)26-28-15(18)5/h6-9,12-13H,10-11H2,1-5H3,(H2,22,23,24,25,27)/t13-/m0/s1. The highest BCUT2D eigenvalue weighted by Crippen LogP contribution is 2.23. The molecule has 0 saturated carbocycles. The summed E-state index contributed by atoms with van der Waals surface area (Å²) in [5.74, 6) is 2.12. The highest BCUT2D eigenvalue weighted by atomic mass is 16.5. The number of aromatic amines is 1. The van der Waals surface area contributed by atoms with Crippen molar-refractivity contribution in [3.8, 4) is 0 Å². The quantitative estimate of drug-likeness (QED) is 0.646. The Bertz CT molecular complexity index is 921. The zero-order valence-electron chi connectivity index (χ0n) is 17.0. The first-order valence-electron chi connectivity index (χ1n) is 9.56. The summed E-state index contributed by atoms with van der Waals surface area (Å²) in [5, 5.41) is 13.7. The summed E-state index contributed by atoms with van der Waals surface area (Å²) in [4.78, 5) is 16.7. The first kappa shape index (κ1) is 19.8. The molecule has 1 aromatic carbocycles. The van der Waals surface area contributed by atoms with Crippen molar-refractivity contribution in [3.05, 3.63) is 58.2 Å². The van der Waals surface area contributed by atoms with Gasteiger partial charge in [-0.15, -0.1) is 5.10 Å². The molecule has 7 nitrogen and oxygen atoms in total. The van der Waals surface area contributed by atoms with Gasteiger partial charge in [-0.1, -0.05) is 50.2 Å². The molecule has 0 aliphatic heterocycles. The van der Waals surface area contributed by atoms with Crippen LogP contribution in [0, 0.1) is 19.8 Å². The van der Waals surface area contributed by atoms with E-state index in [9.17, 15) is 4.79 Å². The van der Waals surface area contributed by atoms with E-state index in [2.05, 4.69) is 70.7 Å². The third kappa shape index (κ3) is 4.65. The summed E-state index contributed by atoms with van der Waals surface area (Å²) in [5.41, 5.74) is 3.99. The molecule has 0 fully saturated rings. The number of nitrogens with zero attached hydrogens (tertiary/aromatic N) is 3. The lowest BCUT2D eigenvalue weighted by atomic mass is 9.96. The molecule has 148 valence electrons. The molecule has 0 unspecified atom stereocenters. The normalized spacial score (nSPS) is 12.4. The van der Waals surface area contributed by atoms with E-state index >= 15 is 0 Å². The minimum absolute atomic E-state index is 0.0498. The molecular weight excluding hydrogens is 354 g/mol. The Morgan fingerprint density at radius 1 is 1.18 bits per heavy atom. The van der Waals surface area contributed by atoms with E-state index in [1.165, 1.54) is 5.56 Å². The van der Waals surface area contributed by atoms with Gasteiger partial charge < -0.3 is 4.52 Å². The number of nitrogens with one attached hydrogen (secondary N) is 2.